The van der Waals surface area contributed by atoms with Crippen molar-refractivity contribution in [2.75, 3.05) is 5.32 Å². The van der Waals surface area contributed by atoms with Gasteiger partial charge >= 0.3 is 0 Å². The van der Waals surface area contributed by atoms with Gasteiger partial charge in [0, 0.05) is 18.2 Å². The Morgan fingerprint density at radius 3 is 2.12 bits per heavy atom. The maximum absolute atomic E-state index is 7.37. The summed E-state index contributed by atoms with van der Waals surface area (Å²) < 4.78 is 16.8. The number of aryl methyl sites for hydroxylation is 1. The summed E-state index contributed by atoms with van der Waals surface area (Å²) in [4.78, 5) is 9.63. The Bertz CT molecular complexity index is 1800. The third-order valence-electron chi connectivity index (χ3n) is 9.78. The van der Waals surface area contributed by atoms with Gasteiger partial charge in [-0.15, -0.1) is 0 Å². The van der Waals surface area contributed by atoms with E-state index >= 15 is 0 Å². The summed E-state index contributed by atoms with van der Waals surface area (Å²) in [6.07, 6.45) is 7.76. The van der Waals surface area contributed by atoms with E-state index in [1.54, 1.807) is 6.33 Å². The minimum atomic E-state index is -0.695. The molecule has 2 aromatic heterocycles. The molecule has 248 valence electrons. The lowest BCUT2D eigenvalue weighted by Gasteiger charge is -2.45. The first-order valence-electron chi connectivity index (χ1n) is 17.4. The molecule has 1 fully saturated rings. The Morgan fingerprint density at radius 2 is 1.46 bits per heavy atom. The van der Waals surface area contributed by atoms with Gasteiger partial charge in [-0.1, -0.05) is 106 Å². The van der Waals surface area contributed by atoms with Gasteiger partial charge in [-0.25, -0.2) is 9.97 Å². The highest BCUT2D eigenvalue weighted by molar-refractivity contribution is 6.32. The zero-order valence-electron chi connectivity index (χ0n) is 29.1. The molecule has 0 amide bonds. The third kappa shape index (κ3) is 6.48. The van der Waals surface area contributed by atoms with E-state index in [4.69, 9.17) is 19.1 Å². The van der Waals surface area contributed by atoms with Crippen LogP contribution >= 0.6 is 0 Å². The monoisotopic (exact) mass is 656 g/mol. The van der Waals surface area contributed by atoms with Gasteiger partial charge in [-0.2, -0.15) is 0 Å². The molecular formula is C41H48N4O2Si. The van der Waals surface area contributed by atoms with Crippen LogP contribution in [0.25, 0.3) is 11.0 Å². The van der Waals surface area contributed by atoms with Crippen LogP contribution in [0.4, 0.5) is 5.82 Å². The second kappa shape index (κ2) is 12.9. The van der Waals surface area contributed by atoms with Crippen molar-refractivity contribution >= 4 is 26.6 Å². The normalized spacial score (nSPS) is 21.5. The van der Waals surface area contributed by atoms with Crippen LogP contribution in [0, 0.1) is 5.92 Å². The van der Waals surface area contributed by atoms with Gasteiger partial charge in [0.05, 0.1) is 23.1 Å². The largest absolute Gasteiger partial charge is 0.403 e. The molecule has 2 aliphatic carbocycles. The minimum absolute atomic E-state index is 0.00395. The number of nitrogens with zero attached hydrogens (tertiary/aromatic N) is 3. The van der Waals surface area contributed by atoms with Gasteiger partial charge in [0.2, 0.25) is 9.76 Å². The number of hydrogen-bond acceptors (Lipinski definition) is 5. The van der Waals surface area contributed by atoms with E-state index in [1.165, 1.54) is 22.3 Å². The molecule has 7 heteroatoms. The fraction of sp³-hybridized carbons (Fsp3) is 0.415. The lowest BCUT2D eigenvalue weighted by molar-refractivity contribution is -0.111. The zero-order chi connectivity index (χ0) is 33.5. The third-order valence-corrected chi connectivity index (χ3v) is 10.8. The molecule has 1 saturated carbocycles. The van der Waals surface area contributed by atoms with Gasteiger partial charge < -0.3 is 19.0 Å². The highest BCUT2D eigenvalue weighted by Crippen LogP contribution is 2.53. The van der Waals surface area contributed by atoms with Crippen molar-refractivity contribution in [1.29, 1.82) is 0 Å². The molecular weight excluding hydrogens is 609 g/mol. The van der Waals surface area contributed by atoms with Crippen LogP contribution in [0.15, 0.2) is 104 Å². The topological polar surface area (TPSA) is 61.2 Å². The molecule has 0 aliphatic heterocycles. The number of aromatic nitrogens is 3. The number of rotatable bonds is 9. The first kappa shape index (κ1) is 32.7. The van der Waals surface area contributed by atoms with Crippen LogP contribution in [0.2, 0.25) is 5.04 Å². The van der Waals surface area contributed by atoms with E-state index in [0.29, 0.717) is 9.76 Å². The molecule has 48 heavy (non-hydrogen) atoms. The van der Waals surface area contributed by atoms with Crippen LogP contribution in [0.5, 0.6) is 0 Å². The Kier molecular flexibility index (Phi) is 8.81. The van der Waals surface area contributed by atoms with Crippen molar-refractivity contribution in [3.8, 4) is 0 Å². The molecule has 0 saturated heterocycles. The first-order chi connectivity index (χ1) is 23.0. The summed E-state index contributed by atoms with van der Waals surface area (Å²) >= 11 is 0. The average molecular weight is 657 g/mol. The van der Waals surface area contributed by atoms with Gasteiger partial charge in [-0.3, -0.25) is 0 Å². The van der Waals surface area contributed by atoms with E-state index < -0.39 is 5.60 Å². The Hall–Kier alpha value is -3.78. The molecule has 2 radical (unpaired) electrons. The van der Waals surface area contributed by atoms with Gasteiger partial charge in [0.1, 0.15) is 23.4 Å². The summed E-state index contributed by atoms with van der Waals surface area (Å²) in [5, 5.41) is 4.84. The van der Waals surface area contributed by atoms with E-state index in [-0.39, 0.29) is 34.7 Å². The van der Waals surface area contributed by atoms with E-state index in [0.717, 1.165) is 42.5 Å². The number of benzene rings is 3. The molecule has 4 unspecified atom stereocenters. The van der Waals surface area contributed by atoms with Gasteiger partial charge in [-0.05, 0) is 79.8 Å². The van der Waals surface area contributed by atoms with Crippen LogP contribution < -0.4 is 5.32 Å². The highest BCUT2D eigenvalue weighted by atomic mass is 28.2. The molecule has 2 aliphatic rings. The van der Waals surface area contributed by atoms with Crippen LogP contribution in [0.1, 0.15) is 95.1 Å². The van der Waals surface area contributed by atoms with Crippen molar-refractivity contribution in [2.24, 2.45) is 5.92 Å². The van der Waals surface area contributed by atoms with Crippen LogP contribution in [-0.4, -0.2) is 36.0 Å². The smallest absolute Gasteiger partial charge is 0.237 e. The van der Waals surface area contributed by atoms with Crippen molar-refractivity contribution < 1.29 is 9.16 Å². The molecule has 1 N–H and O–H groups in total. The van der Waals surface area contributed by atoms with Gasteiger partial charge in [0.15, 0.2) is 0 Å². The number of anilines is 1. The number of nitrogens with one attached hydrogen (secondary N) is 1. The van der Waals surface area contributed by atoms with E-state index in [1.807, 2.05) is 0 Å². The maximum Gasteiger partial charge on any atom is 0.237 e. The van der Waals surface area contributed by atoms with Crippen molar-refractivity contribution in [2.45, 2.75) is 102 Å². The average Bonchev–Trinajstić information content (AvgIpc) is 3.79. The molecule has 6 nitrogen and oxygen atoms in total. The van der Waals surface area contributed by atoms with E-state index in [9.17, 15) is 0 Å². The molecule has 5 aromatic rings. The molecule has 0 bridgehead atoms. The fourth-order valence-electron chi connectivity index (χ4n) is 7.86. The maximum atomic E-state index is 7.37. The molecule has 7 rings (SSSR count). The van der Waals surface area contributed by atoms with Crippen molar-refractivity contribution in [3.63, 3.8) is 0 Å². The first-order valence-corrected chi connectivity index (χ1v) is 18.3. The minimum Gasteiger partial charge on any atom is -0.403 e. The van der Waals surface area contributed by atoms with Crippen LogP contribution in [-0.2, 0) is 21.2 Å². The second-order valence-corrected chi connectivity index (χ2v) is 17.4. The summed E-state index contributed by atoms with van der Waals surface area (Å²) in [5.41, 5.74) is 5.08. The fourth-order valence-corrected chi connectivity index (χ4v) is 8.71. The molecule has 3 aromatic carbocycles. The predicted octanol–water partition coefficient (Wildman–Crippen LogP) is 9.46. The number of fused-ring (bicyclic) bond motifs is 2. The quantitative estimate of drug-likeness (QED) is 0.160. The molecule has 0 spiro atoms. The summed E-state index contributed by atoms with van der Waals surface area (Å²) in [5.74, 6) is 0.948. The summed E-state index contributed by atoms with van der Waals surface area (Å²) in [6, 6.07) is 33.0. The lowest BCUT2D eigenvalue weighted by atomic mass is 9.74. The standard InChI is InChI=1S/C41H48N4O2Si/c1-39(2,3)46-36-26-31(45-24-23-33-37(42-27-43-38(33)45)44-35-22-21-28-15-13-14-20-32(28)35)25-34(36)41(47-48-40(4,5)6,29-16-9-7-10-17-29)30-18-11-8-12-19-30/h7-20,23-24,27,31,34-36H,21-22,25-26H2,1-6H3,(H,42,43,44). The van der Waals surface area contributed by atoms with Crippen molar-refractivity contribution in [3.05, 3.63) is 126 Å². The lowest BCUT2D eigenvalue weighted by Crippen LogP contribution is -2.47. The second-order valence-electron chi connectivity index (χ2n) is 15.5. The Morgan fingerprint density at radius 1 is 0.792 bits per heavy atom. The van der Waals surface area contributed by atoms with Gasteiger partial charge in [0.25, 0.3) is 0 Å². The zero-order valence-corrected chi connectivity index (χ0v) is 30.1. The van der Waals surface area contributed by atoms with E-state index in [2.05, 4.69) is 149 Å². The highest BCUT2D eigenvalue weighted by Gasteiger charge is 2.53. The SMILES string of the molecule is CC(C)(C)OC1CC(n2ccc3c(NC4CCc5ccccc54)ncnc32)CC1C(O[Si]C(C)(C)C)(c1ccccc1)c1ccccc1. The number of ether oxygens (including phenoxy) is 1. The summed E-state index contributed by atoms with van der Waals surface area (Å²) in [7, 11) is 0.294. The Balaban J connectivity index is 1.30. The number of hydrogen-bond donors (Lipinski definition) is 1. The predicted molar refractivity (Wildman–Crippen MR) is 195 cm³/mol. The summed E-state index contributed by atoms with van der Waals surface area (Å²) in [6.45, 7) is 13.3. The van der Waals surface area contributed by atoms with Crippen LogP contribution in [0.3, 0.4) is 0 Å². The Labute approximate surface area is 288 Å². The molecule has 2 heterocycles. The molecule has 4 atom stereocenters. The van der Waals surface area contributed by atoms with Crippen molar-refractivity contribution in [1.82, 2.24) is 14.5 Å².